The summed E-state index contributed by atoms with van der Waals surface area (Å²) in [5, 5.41) is 4.91. The number of benzene rings is 1. The van der Waals surface area contributed by atoms with Gasteiger partial charge in [-0.2, -0.15) is 0 Å². The number of rotatable bonds is 6. The molecule has 2 rings (SSSR count). The van der Waals surface area contributed by atoms with Gasteiger partial charge in [-0.05, 0) is 29.1 Å². The zero-order chi connectivity index (χ0) is 15.3. The van der Waals surface area contributed by atoms with E-state index in [0.29, 0.717) is 11.6 Å². The SMILES string of the molecule is O=C(CNS(=O)(=O)c1cccs1)NCc1ccc(Cl)cc1. The van der Waals surface area contributed by atoms with E-state index in [4.69, 9.17) is 11.6 Å². The van der Waals surface area contributed by atoms with Crippen molar-refractivity contribution in [3.8, 4) is 0 Å². The summed E-state index contributed by atoms with van der Waals surface area (Å²) in [7, 11) is -3.61. The van der Waals surface area contributed by atoms with Crippen LogP contribution in [-0.2, 0) is 21.4 Å². The lowest BCUT2D eigenvalue weighted by molar-refractivity contribution is -0.120. The minimum absolute atomic E-state index is 0.188. The van der Waals surface area contributed by atoms with Gasteiger partial charge in [0.25, 0.3) is 10.0 Å². The lowest BCUT2D eigenvalue weighted by Crippen LogP contribution is -2.36. The molecule has 1 aromatic carbocycles. The molecule has 2 aromatic rings. The molecule has 0 bridgehead atoms. The highest BCUT2D eigenvalue weighted by molar-refractivity contribution is 7.91. The first kappa shape index (κ1) is 16.0. The van der Waals surface area contributed by atoms with Gasteiger partial charge in [0.15, 0.2) is 0 Å². The van der Waals surface area contributed by atoms with Gasteiger partial charge < -0.3 is 5.32 Å². The normalized spacial score (nSPS) is 11.3. The van der Waals surface area contributed by atoms with Gasteiger partial charge in [0.1, 0.15) is 4.21 Å². The van der Waals surface area contributed by atoms with Crippen LogP contribution in [0.4, 0.5) is 0 Å². The number of hydrogen-bond acceptors (Lipinski definition) is 4. The molecule has 0 aliphatic rings. The molecule has 1 aromatic heterocycles. The zero-order valence-electron chi connectivity index (χ0n) is 10.9. The van der Waals surface area contributed by atoms with Crippen molar-refractivity contribution in [2.75, 3.05) is 6.54 Å². The third-order valence-electron chi connectivity index (χ3n) is 2.59. The smallest absolute Gasteiger partial charge is 0.250 e. The van der Waals surface area contributed by atoms with E-state index >= 15 is 0 Å². The first-order chi connectivity index (χ1) is 9.97. The minimum Gasteiger partial charge on any atom is -0.351 e. The van der Waals surface area contributed by atoms with Crippen molar-refractivity contribution in [2.45, 2.75) is 10.8 Å². The van der Waals surface area contributed by atoms with E-state index in [1.54, 1.807) is 35.7 Å². The Morgan fingerprint density at radius 2 is 1.90 bits per heavy atom. The lowest BCUT2D eigenvalue weighted by Gasteiger charge is -2.07. The molecule has 0 fully saturated rings. The standard InChI is InChI=1S/C13H13ClN2O3S2/c14-11-5-3-10(4-6-11)8-15-12(17)9-16-21(18,19)13-2-1-7-20-13/h1-7,16H,8-9H2,(H,15,17). The maximum absolute atomic E-state index is 11.8. The number of thiophene rings is 1. The van der Waals surface area contributed by atoms with Crippen molar-refractivity contribution in [1.29, 1.82) is 0 Å². The van der Waals surface area contributed by atoms with Crippen LogP contribution in [0, 0.1) is 0 Å². The molecule has 0 saturated heterocycles. The van der Waals surface area contributed by atoms with Crippen LogP contribution in [0.25, 0.3) is 0 Å². The number of sulfonamides is 1. The summed E-state index contributed by atoms with van der Waals surface area (Å²) in [6.45, 7) is 0.0184. The van der Waals surface area contributed by atoms with Crippen LogP contribution in [0.2, 0.25) is 5.02 Å². The molecule has 8 heteroatoms. The van der Waals surface area contributed by atoms with Gasteiger partial charge in [0.05, 0.1) is 6.54 Å². The molecule has 0 unspecified atom stereocenters. The second-order valence-electron chi connectivity index (χ2n) is 4.16. The third kappa shape index (κ3) is 4.82. The Balaban J connectivity index is 1.81. The Kier molecular flexibility index (Phi) is 5.35. The third-order valence-corrected chi connectivity index (χ3v) is 5.64. The quantitative estimate of drug-likeness (QED) is 0.841. The lowest BCUT2D eigenvalue weighted by atomic mass is 10.2. The van der Waals surface area contributed by atoms with E-state index in [1.165, 1.54) is 6.07 Å². The Labute approximate surface area is 132 Å². The molecule has 0 atom stereocenters. The van der Waals surface area contributed by atoms with Crippen molar-refractivity contribution in [3.63, 3.8) is 0 Å². The van der Waals surface area contributed by atoms with Gasteiger partial charge in [-0.15, -0.1) is 11.3 Å². The monoisotopic (exact) mass is 344 g/mol. The van der Waals surface area contributed by atoms with E-state index in [0.717, 1.165) is 16.9 Å². The molecular weight excluding hydrogens is 332 g/mol. The van der Waals surface area contributed by atoms with Gasteiger partial charge in [-0.3, -0.25) is 4.79 Å². The molecule has 112 valence electrons. The predicted octanol–water partition coefficient (Wildman–Crippen LogP) is 2.00. The van der Waals surface area contributed by atoms with Crippen LogP contribution in [0.5, 0.6) is 0 Å². The number of nitrogens with one attached hydrogen (secondary N) is 2. The van der Waals surface area contributed by atoms with Gasteiger partial charge in [0.2, 0.25) is 5.91 Å². The van der Waals surface area contributed by atoms with Crippen molar-refractivity contribution in [1.82, 2.24) is 10.0 Å². The molecule has 1 amide bonds. The van der Waals surface area contributed by atoms with Crippen molar-refractivity contribution >= 4 is 38.9 Å². The van der Waals surface area contributed by atoms with Crippen LogP contribution in [-0.4, -0.2) is 20.9 Å². The second-order valence-corrected chi connectivity index (χ2v) is 7.54. The van der Waals surface area contributed by atoms with Gasteiger partial charge in [0, 0.05) is 11.6 Å². The van der Waals surface area contributed by atoms with Crippen LogP contribution >= 0.6 is 22.9 Å². The van der Waals surface area contributed by atoms with Crippen molar-refractivity contribution in [2.24, 2.45) is 0 Å². The number of carbonyl (C=O) groups is 1. The first-order valence-electron chi connectivity index (χ1n) is 6.02. The Bertz CT molecular complexity index is 698. The van der Waals surface area contributed by atoms with Gasteiger partial charge in [-0.25, -0.2) is 13.1 Å². The number of carbonyl (C=O) groups excluding carboxylic acids is 1. The summed E-state index contributed by atoms with van der Waals surface area (Å²) in [6.07, 6.45) is 0. The Morgan fingerprint density at radius 3 is 2.52 bits per heavy atom. The molecule has 0 spiro atoms. The highest BCUT2D eigenvalue weighted by Crippen LogP contribution is 2.14. The average Bonchev–Trinajstić information content (AvgIpc) is 3.00. The fourth-order valence-corrected chi connectivity index (χ4v) is 3.66. The topological polar surface area (TPSA) is 75.3 Å². The van der Waals surface area contributed by atoms with Gasteiger partial charge in [-0.1, -0.05) is 29.8 Å². The fraction of sp³-hybridized carbons (Fsp3) is 0.154. The summed E-state index contributed by atoms with van der Waals surface area (Å²) in [5.41, 5.74) is 0.883. The van der Waals surface area contributed by atoms with E-state index < -0.39 is 15.9 Å². The Morgan fingerprint density at radius 1 is 1.19 bits per heavy atom. The van der Waals surface area contributed by atoms with E-state index in [2.05, 4.69) is 10.0 Å². The molecular formula is C13H13ClN2O3S2. The summed E-state index contributed by atoms with van der Waals surface area (Å²) in [4.78, 5) is 11.6. The summed E-state index contributed by atoms with van der Waals surface area (Å²) in [6, 6.07) is 10.2. The largest absolute Gasteiger partial charge is 0.351 e. The fourth-order valence-electron chi connectivity index (χ4n) is 1.51. The van der Waals surface area contributed by atoms with Crippen molar-refractivity contribution in [3.05, 3.63) is 52.4 Å². The molecule has 0 aliphatic heterocycles. The van der Waals surface area contributed by atoms with E-state index in [-0.39, 0.29) is 10.8 Å². The molecule has 21 heavy (non-hydrogen) atoms. The summed E-state index contributed by atoms with van der Waals surface area (Å²) >= 11 is 6.86. The average molecular weight is 345 g/mol. The number of halogens is 1. The first-order valence-corrected chi connectivity index (χ1v) is 8.76. The van der Waals surface area contributed by atoms with Crippen LogP contribution in [0.15, 0.2) is 46.0 Å². The second kappa shape index (κ2) is 7.04. The summed E-state index contributed by atoms with van der Waals surface area (Å²) < 4.78 is 26.1. The number of hydrogen-bond donors (Lipinski definition) is 2. The van der Waals surface area contributed by atoms with Crippen LogP contribution in [0.3, 0.4) is 0 Å². The molecule has 0 aliphatic carbocycles. The maximum atomic E-state index is 11.8. The highest BCUT2D eigenvalue weighted by atomic mass is 35.5. The molecule has 2 N–H and O–H groups in total. The van der Waals surface area contributed by atoms with Crippen LogP contribution in [0.1, 0.15) is 5.56 Å². The van der Waals surface area contributed by atoms with Gasteiger partial charge >= 0.3 is 0 Å². The van der Waals surface area contributed by atoms with E-state index in [9.17, 15) is 13.2 Å². The number of amides is 1. The molecule has 1 heterocycles. The molecule has 0 saturated carbocycles. The van der Waals surface area contributed by atoms with E-state index in [1.807, 2.05) is 0 Å². The summed E-state index contributed by atoms with van der Waals surface area (Å²) in [5.74, 6) is -0.398. The Hall–Kier alpha value is -1.41. The molecule has 5 nitrogen and oxygen atoms in total. The maximum Gasteiger partial charge on any atom is 0.250 e. The van der Waals surface area contributed by atoms with Crippen molar-refractivity contribution < 1.29 is 13.2 Å². The highest BCUT2D eigenvalue weighted by Gasteiger charge is 2.16. The predicted molar refractivity (Wildman–Crippen MR) is 82.8 cm³/mol. The minimum atomic E-state index is -3.61. The molecule has 0 radical (unpaired) electrons. The van der Waals surface area contributed by atoms with Crippen LogP contribution < -0.4 is 10.0 Å². The zero-order valence-corrected chi connectivity index (χ0v) is 13.3.